The SMILES string of the molecule is CN(C)S(=O)(=O)N(CC(=O)N(Cc1cccc(Br)c1)C(Cc1ccccc1)C(=O)NC1CCCCC1)c1ccccc1F. The van der Waals surface area contributed by atoms with Gasteiger partial charge in [0, 0.05) is 37.6 Å². The second-order valence-corrected chi connectivity index (χ2v) is 13.9. The van der Waals surface area contributed by atoms with Crippen LogP contribution in [0.4, 0.5) is 10.1 Å². The lowest BCUT2D eigenvalue weighted by Crippen LogP contribution is -2.55. The number of anilines is 1. The predicted molar refractivity (Wildman–Crippen MR) is 170 cm³/mol. The Labute approximate surface area is 262 Å². The van der Waals surface area contributed by atoms with E-state index in [1.165, 1.54) is 37.2 Å². The summed E-state index contributed by atoms with van der Waals surface area (Å²) in [5.41, 5.74) is 1.35. The molecule has 43 heavy (non-hydrogen) atoms. The van der Waals surface area contributed by atoms with E-state index in [4.69, 9.17) is 0 Å². The lowest BCUT2D eigenvalue weighted by Gasteiger charge is -2.35. The van der Waals surface area contributed by atoms with Gasteiger partial charge in [0.05, 0.1) is 5.69 Å². The molecule has 0 saturated heterocycles. The fraction of sp³-hybridized carbons (Fsp3) is 0.375. The summed E-state index contributed by atoms with van der Waals surface area (Å²) < 4.78 is 44.3. The summed E-state index contributed by atoms with van der Waals surface area (Å²) >= 11 is 3.48. The molecule has 0 bridgehead atoms. The first-order valence-electron chi connectivity index (χ1n) is 14.4. The second kappa shape index (κ2) is 14.9. The molecule has 1 unspecified atom stereocenters. The average molecular weight is 674 g/mol. The number of benzene rings is 3. The lowest BCUT2D eigenvalue weighted by atomic mass is 9.94. The highest BCUT2D eigenvalue weighted by Gasteiger charge is 2.36. The minimum Gasteiger partial charge on any atom is -0.352 e. The molecule has 11 heteroatoms. The van der Waals surface area contributed by atoms with E-state index in [-0.39, 0.29) is 30.6 Å². The molecular formula is C32H38BrFN4O4S. The summed E-state index contributed by atoms with van der Waals surface area (Å²) in [5.74, 6) is -1.71. The number of carbonyl (C=O) groups excluding carboxylic acids is 2. The molecule has 0 aliphatic heterocycles. The average Bonchev–Trinajstić information content (AvgIpc) is 2.99. The van der Waals surface area contributed by atoms with Gasteiger partial charge in [-0.15, -0.1) is 0 Å². The summed E-state index contributed by atoms with van der Waals surface area (Å²) in [7, 11) is -1.63. The van der Waals surface area contributed by atoms with Crippen LogP contribution in [-0.4, -0.2) is 62.2 Å². The van der Waals surface area contributed by atoms with Gasteiger partial charge in [-0.25, -0.2) is 8.70 Å². The van der Waals surface area contributed by atoms with Crippen molar-refractivity contribution in [2.75, 3.05) is 24.9 Å². The first-order chi connectivity index (χ1) is 20.6. The van der Waals surface area contributed by atoms with Crippen molar-refractivity contribution in [1.29, 1.82) is 0 Å². The van der Waals surface area contributed by atoms with Gasteiger partial charge in [-0.2, -0.15) is 12.7 Å². The molecule has 1 fully saturated rings. The third-order valence-electron chi connectivity index (χ3n) is 7.60. The summed E-state index contributed by atoms with van der Waals surface area (Å²) in [5, 5.41) is 3.17. The number of halogens is 2. The Morgan fingerprint density at radius 1 is 0.930 bits per heavy atom. The monoisotopic (exact) mass is 672 g/mol. The molecule has 0 spiro atoms. The highest BCUT2D eigenvalue weighted by atomic mass is 79.9. The van der Waals surface area contributed by atoms with Gasteiger partial charge in [0.25, 0.3) is 0 Å². The quantitative estimate of drug-likeness (QED) is 0.283. The normalized spacial score (nSPS) is 14.7. The smallest absolute Gasteiger partial charge is 0.304 e. The third kappa shape index (κ3) is 8.64. The Hall–Kier alpha value is -3.28. The van der Waals surface area contributed by atoms with Crippen molar-refractivity contribution < 1.29 is 22.4 Å². The molecular weight excluding hydrogens is 635 g/mol. The zero-order chi connectivity index (χ0) is 31.0. The fourth-order valence-corrected chi connectivity index (χ4v) is 6.80. The number of hydrogen-bond donors (Lipinski definition) is 1. The number of hydrogen-bond acceptors (Lipinski definition) is 4. The van der Waals surface area contributed by atoms with E-state index in [2.05, 4.69) is 21.2 Å². The maximum Gasteiger partial charge on any atom is 0.304 e. The molecule has 0 aromatic heterocycles. The van der Waals surface area contributed by atoms with Crippen LogP contribution in [0.2, 0.25) is 0 Å². The molecule has 230 valence electrons. The van der Waals surface area contributed by atoms with Crippen LogP contribution in [0.5, 0.6) is 0 Å². The molecule has 1 N–H and O–H groups in total. The summed E-state index contributed by atoms with van der Waals surface area (Å²) in [4.78, 5) is 29.8. The van der Waals surface area contributed by atoms with E-state index in [1.807, 2.05) is 54.6 Å². The Morgan fingerprint density at radius 3 is 2.23 bits per heavy atom. The van der Waals surface area contributed by atoms with Crippen molar-refractivity contribution in [2.45, 2.75) is 57.2 Å². The van der Waals surface area contributed by atoms with E-state index in [1.54, 1.807) is 0 Å². The van der Waals surface area contributed by atoms with Gasteiger partial charge in [-0.05, 0) is 48.2 Å². The van der Waals surface area contributed by atoms with Gasteiger partial charge in [-0.1, -0.05) is 89.8 Å². The van der Waals surface area contributed by atoms with Crippen molar-refractivity contribution in [2.24, 2.45) is 0 Å². The van der Waals surface area contributed by atoms with E-state index in [0.717, 1.165) is 62.4 Å². The number of nitrogens with zero attached hydrogens (tertiary/aromatic N) is 3. The maximum atomic E-state index is 15.0. The standard InChI is InChI=1S/C32H38BrFN4O4S/c1-36(2)43(41,42)38(29-19-10-9-18-28(29)34)23-31(39)37(22-25-14-11-15-26(33)20-25)30(21-24-12-5-3-6-13-24)32(40)35-27-16-7-4-8-17-27/h3,5-6,9-15,18-20,27,30H,4,7-8,16-17,21-23H2,1-2H3,(H,35,40). The Kier molecular flexibility index (Phi) is 11.3. The summed E-state index contributed by atoms with van der Waals surface area (Å²) in [6.45, 7) is -0.654. The molecule has 3 aromatic carbocycles. The molecule has 0 radical (unpaired) electrons. The van der Waals surface area contributed by atoms with Crippen molar-refractivity contribution in [3.63, 3.8) is 0 Å². The molecule has 3 aromatic rings. The van der Waals surface area contributed by atoms with Crippen LogP contribution in [0.25, 0.3) is 0 Å². The molecule has 8 nitrogen and oxygen atoms in total. The van der Waals surface area contributed by atoms with Crippen LogP contribution in [0.15, 0.2) is 83.3 Å². The number of carbonyl (C=O) groups is 2. The van der Waals surface area contributed by atoms with E-state index >= 15 is 0 Å². The molecule has 1 aliphatic rings. The van der Waals surface area contributed by atoms with E-state index in [0.29, 0.717) is 0 Å². The van der Waals surface area contributed by atoms with E-state index in [9.17, 15) is 22.4 Å². The third-order valence-corrected chi connectivity index (χ3v) is 9.90. The highest BCUT2D eigenvalue weighted by molar-refractivity contribution is 9.10. The van der Waals surface area contributed by atoms with Crippen molar-refractivity contribution in [3.05, 3.63) is 100 Å². The van der Waals surface area contributed by atoms with Crippen LogP contribution in [0.1, 0.15) is 43.2 Å². The molecule has 1 saturated carbocycles. The minimum absolute atomic E-state index is 0.00590. The Bertz CT molecular complexity index is 1500. The van der Waals surface area contributed by atoms with Crippen molar-refractivity contribution in [1.82, 2.24) is 14.5 Å². The van der Waals surface area contributed by atoms with Gasteiger partial charge < -0.3 is 10.2 Å². The summed E-state index contributed by atoms with van der Waals surface area (Å²) in [6, 6.07) is 21.3. The number of nitrogens with one attached hydrogen (secondary N) is 1. The first kappa shape index (κ1) is 32.6. The zero-order valence-electron chi connectivity index (χ0n) is 24.5. The number of para-hydroxylation sites is 1. The van der Waals surface area contributed by atoms with Crippen LogP contribution in [0.3, 0.4) is 0 Å². The molecule has 1 aliphatic carbocycles. The predicted octanol–water partition coefficient (Wildman–Crippen LogP) is 5.29. The highest BCUT2D eigenvalue weighted by Crippen LogP contribution is 2.25. The second-order valence-electron chi connectivity index (χ2n) is 10.9. The molecule has 4 rings (SSSR count). The zero-order valence-corrected chi connectivity index (χ0v) is 26.9. The van der Waals surface area contributed by atoms with Gasteiger partial charge >= 0.3 is 10.2 Å². The van der Waals surface area contributed by atoms with Crippen LogP contribution < -0.4 is 9.62 Å². The van der Waals surface area contributed by atoms with Gasteiger partial charge in [0.1, 0.15) is 18.4 Å². The largest absolute Gasteiger partial charge is 0.352 e. The molecule has 1 atom stereocenters. The first-order valence-corrected chi connectivity index (χ1v) is 16.6. The fourth-order valence-electron chi connectivity index (χ4n) is 5.29. The minimum atomic E-state index is -4.28. The van der Waals surface area contributed by atoms with Crippen LogP contribution in [0, 0.1) is 5.82 Å². The van der Waals surface area contributed by atoms with Crippen molar-refractivity contribution in [3.8, 4) is 0 Å². The molecule has 2 amide bonds. The van der Waals surface area contributed by atoms with Crippen LogP contribution in [-0.2, 0) is 32.8 Å². The molecule has 0 heterocycles. The Balaban J connectivity index is 1.76. The lowest BCUT2D eigenvalue weighted by molar-refractivity contribution is -0.140. The summed E-state index contributed by atoms with van der Waals surface area (Å²) in [6.07, 6.45) is 5.12. The maximum absolute atomic E-state index is 15.0. The van der Waals surface area contributed by atoms with Crippen LogP contribution >= 0.6 is 15.9 Å². The van der Waals surface area contributed by atoms with Gasteiger partial charge in [-0.3, -0.25) is 9.59 Å². The number of rotatable bonds is 12. The van der Waals surface area contributed by atoms with Gasteiger partial charge in [0.2, 0.25) is 11.8 Å². The van der Waals surface area contributed by atoms with Crippen molar-refractivity contribution >= 4 is 43.6 Å². The Morgan fingerprint density at radius 2 is 1.58 bits per heavy atom. The van der Waals surface area contributed by atoms with E-state index < -0.39 is 34.5 Å². The van der Waals surface area contributed by atoms with Gasteiger partial charge in [0.15, 0.2) is 0 Å². The number of amides is 2. The topological polar surface area (TPSA) is 90.0 Å².